The molecule has 0 bridgehead atoms. The van der Waals surface area contributed by atoms with Crippen molar-refractivity contribution in [3.63, 3.8) is 0 Å². The SMILES string of the molecule is OCc1ccc(OC/C=C/Cl)cc1. The molecule has 0 radical (unpaired) electrons. The summed E-state index contributed by atoms with van der Waals surface area (Å²) in [7, 11) is 0. The maximum atomic E-state index is 8.77. The second-order valence-corrected chi connectivity index (χ2v) is 2.73. The van der Waals surface area contributed by atoms with Crippen molar-refractivity contribution in [1.29, 1.82) is 0 Å². The topological polar surface area (TPSA) is 29.5 Å². The smallest absolute Gasteiger partial charge is 0.119 e. The highest BCUT2D eigenvalue weighted by atomic mass is 35.5. The molecular formula is C10H11ClO2. The van der Waals surface area contributed by atoms with Gasteiger partial charge in [0.05, 0.1) is 6.61 Å². The average Bonchev–Trinajstić information content (AvgIpc) is 2.19. The van der Waals surface area contributed by atoms with E-state index in [0.29, 0.717) is 6.61 Å². The number of halogens is 1. The molecule has 0 spiro atoms. The van der Waals surface area contributed by atoms with E-state index in [1.807, 2.05) is 24.3 Å². The van der Waals surface area contributed by atoms with E-state index in [2.05, 4.69) is 0 Å². The van der Waals surface area contributed by atoms with E-state index < -0.39 is 0 Å². The van der Waals surface area contributed by atoms with Crippen LogP contribution in [0.4, 0.5) is 0 Å². The molecule has 0 aliphatic rings. The Labute approximate surface area is 82.4 Å². The predicted molar refractivity (Wildman–Crippen MR) is 52.9 cm³/mol. The highest BCUT2D eigenvalue weighted by Gasteiger charge is 1.92. The van der Waals surface area contributed by atoms with Crippen LogP contribution in [0.5, 0.6) is 5.75 Å². The molecule has 0 heterocycles. The van der Waals surface area contributed by atoms with E-state index in [0.717, 1.165) is 11.3 Å². The minimum atomic E-state index is 0.0574. The fourth-order valence-electron chi connectivity index (χ4n) is 0.872. The van der Waals surface area contributed by atoms with Gasteiger partial charge in [0.2, 0.25) is 0 Å². The molecule has 0 atom stereocenters. The van der Waals surface area contributed by atoms with Crippen molar-refractivity contribution < 1.29 is 9.84 Å². The largest absolute Gasteiger partial charge is 0.490 e. The average molecular weight is 199 g/mol. The van der Waals surface area contributed by atoms with Crippen LogP contribution in [0.15, 0.2) is 35.9 Å². The Balaban J connectivity index is 2.49. The number of aliphatic hydroxyl groups excluding tert-OH is 1. The normalized spacial score (nSPS) is 10.6. The molecule has 0 unspecified atom stereocenters. The summed E-state index contributed by atoms with van der Waals surface area (Å²) in [5, 5.41) is 8.77. The summed E-state index contributed by atoms with van der Waals surface area (Å²) in [6, 6.07) is 7.26. The quantitative estimate of drug-likeness (QED) is 0.805. The highest BCUT2D eigenvalue weighted by molar-refractivity contribution is 6.25. The maximum Gasteiger partial charge on any atom is 0.119 e. The summed E-state index contributed by atoms with van der Waals surface area (Å²) >= 11 is 5.32. The zero-order valence-electron chi connectivity index (χ0n) is 7.11. The predicted octanol–water partition coefficient (Wildman–Crippen LogP) is 2.31. The van der Waals surface area contributed by atoms with Gasteiger partial charge in [-0.05, 0) is 23.8 Å². The van der Waals surface area contributed by atoms with Crippen LogP contribution >= 0.6 is 11.6 Å². The molecule has 0 aromatic heterocycles. The van der Waals surface area contributed by atoms with Gasteiger partial charge in [-0.25, -0.2) is 0 Å². The summed E-state index contributed by atoms with van der Waals surface area (Å²) in [4.78, 5) is 0. The molecule has 3 heteroatoms. The van der Waals surface area contributed by atoms with Gasteiger partial charge in [-0.3, -0.25) is 0 Å². The number of benzene rings is 1. The lowest BCUT2D eigenvalue weighted by Crippen LogP contribution is -1.93. The standard InChI is InChI=1S/C10H11ClO2/c11-6-1-7-13-10-4-2-9(8-12)3-5-10/h1-6,12H,7-8H2/b6-1+. The van der Waals surface area contributed by atoms with Gasteiger partial charge in [-0.1, -0.05) is 23.7 Å². The third-order valence-corrected chi connectivity index (χ3v) is 1.72. The summed E-state index contributed by atoms with van der Waals surface area (Å²) < 4.78 is 5.29. The Morgan fingerprint density at radius 3 is 2.54 bits per heavy atom. The van der Waals surface area contributed by atoms with E-state index >= 15 is 0 Å². The van der Waals surface area contributed by atoms with Gasteiger partial charge in [-0.2, -0.15) is 0 Å². The zero-order valence-corrected chi connectivity index (χ0v) is 7.87. The van der Waals surface area contributed by atoms with Crippen LogP contribution in [0.2, 0.25) is 0 Å². The van der Waals surface area contributed by atoms with Crippen LogP contribution in [0.1, 0.15) is 5.56 Å². The Kier molecular flexibility index (Phi) is 4.36. The van der Waals surface area contributed by atoms with Crippen LogP contribution in [0, 0.1) is 0 Å². The number of aliphatic hydroxyl groups is 1. The lowest BCUT2D eigenvalue weighted by atomic mass is 10.2. The van der Waals surface area contributed by atoms with Crippen LogP contribution in [0.25, 0.3) is 0 Å². The van der Waals surface area contributed by atoms with Gasteiger partial charge >= 0.3 is 0 Å². The minimum absolute atomic E-state index is 0.0574. The first kappa shape index (κ1) is 10.1. The lowest BCUT2D eigenvalue weighted by molar-refractivity contribution is 0.281. The van der Waals surface area contributed by atoms with Crippen molar-refractivity contribution in [2.75, 3.05) is 6.61 Å². The highest BCUT2D eigenvalue weighted by Crippen LogP contribution is 2.11. The fourth-order valence-corrected chi connectivity index (χ4v) is 0.945. The first-order chi connectivity index (χ1) is 6.36. The monoisotopic (exact) mass is 198 g/mol. The zero-order chi connectivity index (χ0) is 9.52. The maximum absolute atomic E-state index is 8.77. The number of ether oxygens (including phenoxy) is 1. The molecule has 1 rings (SSSR count). The summed E-state index contributed by atoms with van der Waals surface area (Å²) in [5.74, 6) is 0.770. The van der Waals surface area contributed by atoms with Crippen LogP contribution in [-0.4, -0.2) is 11.7 Å². The molecule has 1 aromatic carbocycles. The van der Waals surface area contributed by atoms with Crippen molar-refractivity contribution in [2.24, 2.45) is 0 Å². The molecule has 70 valence electrons. The van der Waals surface area contributed by atoms with Gasteiger partial charge in [0, 0.05) is 5.54 Å². The minimum Gasteiger partial charge on any atom is -0.490 e. The van der Waals surface area contributed by atoms with E-state index in [9.17, 15) is 0 Å². The summed E-state index contributed by atoms with van der Waals surface area (Å²) in [6.45, 7) is 0.518. The van der Waals surface area contributed by atoms with Crippen molar-refractivity contribution in [3.8, 4) is 5.75 Å². The molecule has 1 N–H and O–H groups in total. The molecule has 0 fully saturated rings. The molecule has 1 aromatic rings. The van der Waals surface area contributed by atoms with Crippen molar-refractivity contribution in [3.05, 3.63) is 41.4 Å². The molecule has 0 saturated heterocycles. The first-order valence-electron chi connectivity index (χ1n) is 3.94. The number of hydrogen-bond donors (Lipinski definition) is 1. The number of hydrogen-bond acceptors (Lipinski definition) is 2. The summed E-state index contributed by atoms with van der Waals surface area (Å²) in [5.41, 5.74) is 2.29. The first-order valence-corrected chi connectivity index (χ1v) is 4.38. The third kappa shape index (κ3) is 3.49. The van der Waals surface area contributed by atoms with Gasteiger partial charge in [0.25, 0.3) is 0 Å². The van der Waals surface area contributed by atoms with E-state index in [-0.39, 0.29) is 6.61 Å². The van der Waals surface area contributed by atoms with E-state index in [4.69, 9.17) is 21.4 Å². The van der Waals surface area contributed by atoms with Crippen molar-refractivity contribution >= 4 is 11.6 Å². The van der Waals surface area contributed by atoms with Gasteiger partial charge in [-0.15, -0.1) is 0 Å². The van der Waals surface area contributed by atoms with Crippen LogP contribution < -0.4 is 4.74 Å². The summed E-state index contributed by atoms with van der Waals surface area (Å²) in [6.07, 6.45) is 1.71. The molecule has 13 heavy (non-hydrogen) atoms. The lowest BCUT2D eigenvalue weighted by Gasteiger charge is -2.02. The van der Waals surface area contributed by atoms with E-state index in [1.54, 1.807) is 6.08 Å². The Morgan fingerprint density at radius 1 is 1.31 bits per heavy atom. The molecule has 2 nitrogen and oxygen atoms in total. The molecule has 0 saturated carbocycles. The second-order valence-electron chi connectivity index (χ2n) is 2.47. The van der Waals surface area contributed by atoms with Gasteiger partial charge in [0.1, 0.15) is 12.4 Å². The Hall–Kier alpha value is -0.990. The molecule has 0 aliphatic carbocycles. The van der Waals surface area contributed by atoms with Crippen molar-refractivity contribution in [1.82, 2.24) is 0 Å². The molecule has 0 aliphatic heterocycles. The Morgan fingerprint density at radius 2 is 2.00 bits per heavy atom. The van der Waals surface area contributed by atoms with Gasteiger partial charge < -0.3 is 9.84 Å². The van der Waals surface area contributed by atoms with Crippen LogP contribution in [0.3, 0.4) is 0 Å². The number of rotatable bonds is 4. The van der Waals surface area contributed by atoms with Crippen molar-refractivity contribution in [2.45, 2.75) is 6.61 Å². The van der Waals surface area contributed by atoms with E-state index in [1.165, 1.54) is 5.54 Å². The van der Waals surface area contributed by atoms with Crippen LogP contribution in [-0.2, 0) is 6.61 Å². The third-order valence-electron chi connectivity index (χ3n) is 1.54. The van der Waals surface area contributed by atoms with Gasteiger partial charge in [0.15, 0.2) is 0 Å². The molecule has 0 amide bonds. The fraction of sp³-hybridized carbons (Fsp3) is 0.200. The molecular weight excluding hydrogens is 188 g/mol. The Bertz CT molecular complexity index is 267. The second kappa shape index (κ2) is 5.62.